The molecule has 1 unspecified atom stereocenters. The number of alkyl halides is 1. The van der Waals surface area contributed by atoms with E-state index in [2.05, 4.69) is 0 Å². The molecule has 2 rings (SSSR count). The second kappa shape index (κ2) is 6.92. The Morgan fingerprint density at radius 2 is 2.16 bits per heavy atom. The lowest BCUT2D eigenvalue weighted by Gasteiger charge is -2.36. The predicted molar refractivity (Wildman–Crippen MR) is 77.5 cm³/mol. The van der Waals surface area contributed by atoms with E-state index in [1.165, 1.54) is 6.07 Å². The SMILES string of the molecule is CCOC1CC(CC(Cl)Cc2c(F)cccc2Cl)C1. The molecule has 0 aromatic heterocycles. The lowest BCUT2D eigenvalue weighted by Crippen LogP contribution is -2.33. The molecule has 1 nitrogen and oxygen atoms in total. The van der Waals surface area contributed by atoms with Gasteiger partial charge in [-0.05, 0) is 50.7 Å². The average Bonchev–Trinajstić information content (AvgIpc) is 2.31. The summed E-state index contributed by atoms with van der Waals surface area (Å²) in [6.07, 6.45) is 3.93. The summed E-state index contributed by atoms with van der Waals surface area (Å²) in [6.45, 7) is 2.78. The van der Waals surface area contributed by atoms with E-state index >= 15 is 0 Å². The summed E-state index contributed by atoms with van der Waals surface area (Å²) in [7, 11) is 0. The maximum Gasteiger partial charge on any atom is 0.127 e. The maximum atomic E-state index is 13.6. The summed E-state index contributed by atoms with van der Waals surface area (Å²) in [5, 5.41) is 0.397. The minimum absolute atomic E-state index is 0.0676. The van der Waals surface area contributed by atoms with E-state index in [1.807, 2.05) is 6.92 Å². The largest absolute Gasteiger partial charge is 0.378 e. The molecule has 4 heteroatoms. The van der Waals surface area contributed by atoms with Gasteiger partial charge in [0.25, 0.3) is 0 Å². The standard InChI is InChI=1S/C15H19Cl2FO/c1-2-19-12-7-10(8-12)6-11(16)9-13-14(17)4-3-5-15(13)18/h3-5,10-12H,2,6-9H2,1H3. The van der Waals surface area contributed by atoms with Crippen molar-refractivity contribution in [2.45, 2.75) is 44.1 Å². The van der Waals surface area contributed by atoms with Crippen molar-refractivity contribution in [3.63, 3.8) is 0 Å². The van der Waals surface area contributed by atoms with Crippen LogP contribution in [0.2, 0.25) is 5.02 Å². The number of benzene rings is 1. The molecular weight excluding hydrogens is 286 g/mol. The molecule has 0 saturated heterocycles. The Morgan fingerprint density at radius 1 is 1.42 bits per heavy atom. The van der Waals surface area contributed by atoms with Gasteiger partial charge < -0.3 is 4.74 Å². The Labute approximate surface area is 124 Å². The first-order valence-corrected chi connectivity index (χ1v) is 7.60. The third kappa shape index (κ3) is 4.08. The Hall–Kier alpha value is -0.310. The third-order valence-electron chi connectivity index (χ3n) is 3.67. The molecule has 0 aliphatic heterocycles. The molecule has 0 bridgehead atoms. The van der Waals surface area contributed by atoms with Crippen LogP contribution in [0.25, 0.3) is 0 Å². The van der Waals surface area contributed by atoms with Gasteiger partial charge in [-0.15, -0.1) is 11.6 Å². The Bertz CT molecular complexity index is 398. The van der Waals surface area contributed by atoms with E-state index in [4.69, 9.17) is 27.9 Å². The summed E-state index contributed by atoms with van der Waals surface area (Å²) in [6, 6.07) is 4.75. The zero-order valence-electron chi connectivity index (χ0n) is 11.0. The van der Waals surface area contributed by atoms with Crippen molar-refractivity contribution in [3.05, 3.63) is 34.6 Å². The van der Waals surface area contributed by atoms with E-state index < -0.39 is 0 Å². The zero-order valence-corrected chi connectivity index (χ0v) is 12.6. The van der Waals surface area contributed by atoms with Gasteiger partial charge in [-0.2, -0.15) is 0 Å². The van der Waals surface area contributed by atoms with Gasteiger partial charge >= 0.3 is 0 Å². The minimum atomic E-state index is -0.265. The molecule has 0 amide bonds. The van der Waals surface area contributed by atoms with Crippen LogP contribution in [0.15, 0.2) is 18.2 Å². The Kier molecular flexibility index (Phi) is 5.49. The van der Waals surface area contributed by atoms with Crippen LogP contribution in [0.4, 0.5) is 4.39 Å². The minimum Gasteiger partial charge on any atom is -0.378 e. The van der Waals surface area contributed by atoms with Crippen molar-refractivity contribution >= 4 is 23.2 Å². The fourth-order valence-corrected chi connectivity index (χ4v) is 3.28. The van der Waals surface area contributed by atoms with Gasteiger partial charge in [0.2, 0.25) is 0 Å². The molecular formula is C15H19Cl2FO. The number of ether oxygens (including phenoxy) is 1. The van der Waals surface area contributed by atoms with Crippen molar-refractivity contribution in [1.82, 2.24) is 0 Å². The number of hydrogen-bond donors (Lipinski definition) is 0. The van der Waals surface area contributed by atoms with Crippen molar-refractivity contribution in [2.75, 3.05) is 6.61 Å². The first-order valence-electron chi connectivity index (χ1n) is 6.78. The predicted octanol–water partition coefficient (Wildman–Crippen LogP) is 4.83. The second-order valence-electron chi connectivity index (χ2n) is 5.15. The normalized spacial score (nSPS) is 24.0. The molecule has 1 aromatic carbocycles. The van der Waals surface area contributed by atoms with E-state index in [1.54, 1.807) is 12.1 Å². The van der Waals surface area contributed by atoms with Crippen LogP contribution in [0.1, 0.15) is 31.7 Å². The summed E-state index contributed by atoms with van der Waals surface area (Å²) in [5.41, 5.74) is 0.532. The summed E-state index contributed by atoms with van der Waals surface area (Å²) < 4.78 is 19.2. The molecule has 106 valence electrons. The third-order valence-corrected chi connectivity index (χ3v) is 4.36. The van der Waals surface area contributed by atoms with Gasteiger partial charge in [-0.25, -0.2) is 4.39 Å². The fourth-order valence-electron chi connectivity index (χ4n) is 2.63. The number of halogens is 3. The van der Waals surface area contributed by atoms with Gasteiger partial charge in [0.1, 0.15) is 5.82 Å². The van der Waals surface area contributed by atoms with E-state index in [0.29, 0.717) is 29.0 Å². The van der Waals surface area contributed by atoms with Crippen molar-refractivity contribution in [1.29, 1.82) is 0 Å². The molecule has 1 aliphatic rings. The lowest BCUT2D eigenvalue weighted by molar-refractivity contribution is -0.0266. The van der Waals surface area contributed by atoms with Gasteiger partial charge in [0, 0.05) is 22.6 Å². The van der Waals surface area contributed by atoms with Crippen LogP contribution in [-0.4, -0.2) is 18.1 Å². The van der Waals surface area contributed by atoms with Crippen LogP contribution in [0.5, 0.6) is 0 Å². The van der Waals surface area contributed by atoms with Crippen LogP contribution in [0, 0.1) is 11.7 Å². The van der Waals surface area contributed by atoms with E-state index in [-0.39, 0.29) is 11.2 Å². The molecule has 1 saturated carbocycles. The highest BCUT2D eigenvalue weighted by molar-refractivity contribution is 6.31. The summed E-state index contributed by atoms with van der Waals surface area (Å²) in [5.74, 6) is 0.337. The highest BCUT2D eigenvalue weighted by Crippen LogP contribution is 2.35. The first kappa shape index (κ1) is 15.1. The molecule has 1 aliphatic carbocycles. The van der Waals surface area contributed by atoms with Crippen LogP contribution in [0.3, 0.4) is 0 Å². The molecule has 19 heavy (non-hydrogen) atoms. The highest BCUT2D eigenvalue weighted by Gasteiger charge is 2.31. The molecule has 0 heterocycles. The second-order valence-corrected chi connectivity index (χ2v) is 6.18. The van der Waals surface area contributed by atoms with Crippen molar-refractivity contribution < 1.29 is 9.13 Å². The van der Waals surface area contributed by atoms with Gasteiger partial charge in [-0.1, -0.05) is 17.7 Å². The fraction of sp³-hybridized carbons (Fsp3) is 0.600. The average molecular weight is 305 g/mol. The van der Waals surface area contributed by atoms with Gasteiger partial charge in [-0.3, -0.25) is 0 Å². The molecule has 1 fully saturated rings. The molecule has 0 radical (unpaired) electrons. The van der Waals surface area contributed by atoms with Gasteiger partial charge in [0.15, 0.2) is 0 Å². The maximum absolute atomic E-state index is 13.6. The first-order chi connectivity index (χ1) is 9.10. The molecule has 1 atom stereocenters. The van der Waals surface area contributed by atoms with Crippen molar-refractivity contribution in [2.24, 2.45) is 5.92 Å². The highest BCUT2D eigenvalue weighted by atomic mass is 35.5. The Morgan fingerprint density at radius 3 is 2.79 bits per heavy atom. The molecule has 1 aromatic rings. The van der Waals surface area contributed by atoms with Crippen LogP contribution < -0.4 is 0 Å². The van der Waals surface area contributed by atoms with Crippen molar-refractivity contribution in [3.8, 4) is 0 Å². The summed E-state index contributed by atoms with van der Waals surface area (Å²) in [4.78, 5) is 0. The van der Waals surface area contributed by atoms with Crippen LogP contribution >= 0.6 is 23.2 Å². The zero-order chi connectivity index (χ0) is 13.8. The topological polar surface area (TPSA) is 9.23 Å². The van der Waals surface area contributed by atoms with Crippen LogP contribution in [-0.2, 0) is 11.2 Å². The summed E-state index contributed by atoms with van der Waals surface area (Å²) >= 11 is 12.3. The van der Waals surface area contributed by atoms with Gasteiger partial charge in [0.05, 0.1) is 6.10 Å². The number of rotatable bonds is 6. The smallest absolute Gasteiger partial charge is 0.127 e. The van der Waals surface area contributed by atoms with E-state index in [0.717, 1.165) is 25.9 Å². The number of hydrogen-bond acceptors (Lipinski definition) is 1. The quantitative estimate of drug-likeness (QED) is 0.684. The molecule has 0 spiro atoms. The Balaban J connectivity index is 1.81. The molecule has 0 N–H and O–H groups in total. The van der Waals surface area contributed by atoms with E-state index in [9.17, 15) is 4.39 Å². The monoisotopic (exact) mass is 304 g/mol. The lowest BCUT2D eigenvalue weighted by atomic mass is 9.78.